The SMILES string of the molecule is CCC(C)Nc1ncc(C(=O)Nc2cccc(C)c2)cn1. The lowest BCUT2D eigenvalue weighted by molar-refractivity contribution is 0.102. The van der Waals surface area contributed by atoms with E-state index in [1.807, 2.05) is 31.2 Å². The average Bonchev–Trinajstić information content (AvgIpc) is 2.47. The molecule has 2 aromatic rings. The van der Waals surface area contributed by atoms with Crippen molar-refractivity contribution in [2.45, 2.75) is 33.2 Å². The van der Waals surface area contributed by atoms with Crippen molar-refractivity contribution in [2.24, 2.45) is 0 Å². The summed E-state index contributed by atoms with van der Waals surface area (Å²) in [5.74, 6) is 0.326. The number of hydrogen-bond donors (Lipinski definition) is 2. The number of nitrogens with one attached hydrogen (secondary N) is 2. The third kappa shape index (κ3) is 4.27. The van der Waals surface area contributed by atoms with Gasteiger partial charge in [-0.2, -0.15) is 0 Å². The van der Waals surface area contributed by atoms with Crippen LogP contribution >= 0.6 is 0 Å². The molecule has 5 heteroatoms. The Kier molecular flexibility index (Phi) is 4.87. The number of carbonyl (C=O) groups is 1. The second-order valence-electron chi connectivity index (χ2n) is 5.07. The van der Waals surface area contributed by atoms with E-state index in [0.717, 1.165) is 17.7 Å². The van der Waals surface area contributed by atoms with Crippen molar-refractivity contribution in [1.82, 2.24) is 9.97 Å². The van der Waals surface area contributed by atoms with Crippen LogP contribution in [-0.4, -0.2) is 21.9 Å². The molecule has 1 unspecified atom stereocenters. The molecule has 1 atom stereocenters. The maximum atomic E-state index is 12.1. The molecule has 0 bridgehead atoms. The summed E-state index contributed by atoms with van der Waals surface area (Å²) < 4.78 is 0. The van der Waals surface area contributed by atoms with E-state index in [9.17, 15) is 4.79 Å². The third-order valence-corrected chi connectivity index (χ3v) is 3.18. The summed E-state index contributed by atoms with van der Waals surface area (Å²) in [6, 6.07) is 7.95. The molecule has 0 aliphatic carbocycles. The molecular weight excluding hydrogens is 264 g/mol. The van der Waals surface area contributed by atoms with Crippen LogP contribution < -0.4 is 10.6 Å². The van der Waals surface area contributed by atoms with E-state index in [0.29, 0.717) is 17.6 Å². The zero-order chi connectivity index (χ0) is 15.2. The zero-order valence-corrected chi connectivity index (χ0v) is 12.6. The number of aryl methyl sites for hydroxylation is 1. The van der Waals surface area contributed by atoms with Crippen LogP contribution in [0, 0.1) is 6.92 Å². The van der Waals surface area contributed by atoms with Crippen LogP contribution in [0.3, 0.4) is 0 Å². The van der Waals surface area contributed by atoms with Gasteiger partial charge in [0.05, 0.1) is 5.56 Å². The van der Waals surface area contributed by atoms with Gasteiger partial charge in [-0.15, -0.1) is 0 Å². The van der Waals surface area contributed by atoms with Gasteiger partial charge in [0.15, 0.2) is 0 Å². The Hall–Kier alpha value is -2.43. The fourth-order valence-corrected chi connectivity index (χ4v) is 1.77. The Morgan fingerprint density at radius 2 is 2.00 bits per heavy atom. The lowest BCUT2D eigenvalue weighted by atomic mass is 10.2. The molecule has 2 N–H and O–H groups in total. The van der Waals surface area contributed by atoms with E-state index >= 15 is 0 Å². The van der Waals surface area contributed by atoms with Crippen LogP contribution in [0.4, 0.5) is 11.6 Å². The van der Waals surface area contributed by atoms with Crippen molar-refractivity contribution < 1.29 is 4.79 Å². The highest BCUT2D eigenvalue weighted by molar-refractivity contribution is 6.03. The molecule has 110 valence electrons. The first kappa shape index (κ1) is 15.0. The van der Waals surface area contributed by atoms with Crippen molar-refractivity contribution in [2.75, 3.05) is 10.6 Å². The predicted molar refractivity (Wildman–Crippen MR) is 84.5 cm³/mol. The first-order valence-corrected chi connectivity index (χ1v) is 7.05. The van der Waals surface area contributed by atoms with Crippen molar-refractivity contribution in [3.8, 4) is 0 Å². The standard InChI is InChI=1S/C16H20N4O/c1-4-12(3)19-16-17-9-13(10-18-16)15(21)20-14-7-5-6-11(2)8-14/h5-10,12H,4H2,1-3H3,(H,20,21)(H,17,18,19). The van der Waals surface area contributed by atoms with Crippen LogP contribution in [0.1, 0.15) is 36.2 Å². The van der Waals surface area contributed by atoms with E-state index < -0.39 is 0 Å². The van der Waals surface area contributed by atoms with Gasteiger partial charge in [-0.3, -0.25) is 4.79 Å². The number of aromatic nitrogens is 2. The van der Waals surface area contributed by atoms with Gasteiger partial charge in [0.1, 0.15) is 0 Å². The Balaban J connectivity index is 2.03. The van der Waals surface area contributed by atoms with Gasteiger partial charge in [0.25, 0.3) is 5.91 Å². The monoisotopic (exact) mass is 284 g/mol. The number of amides is 1. The lowest BCUT2D eigenvalue weighted by Crippen LogP contribution is -2.17. The molecule has 21 heavy (non-hydrogen) atoms. The van der Waals surface area contributed by atoms with Crippen LogP contribution in [0.25, 0.3) is 0 Å². The minimum Gasteiger partial charge on any atom is -0.352 e. The lowest BCUT2D eigenvalue weighted by Gasteiger charge is -2.11. The smallest absolute Gasteiger partial charge is 0.258 e. The molecule has 0 radical (unpaired) electrons. The van der Waals surface area contributed by atoms with Crippen LogP contribution in [0.5, 0.6) is 0 Å². The molecule has 0 spiro atoms. The van der Waals surface area contributed by atoms with Crippen molar-refractivity contribution in [3.63, 3.8) is 0 Å². The summed E-state index contributed by atoms with van der Waals surface area (Å²) in [5.41, 5.74) is 2.30. The molecule has 1 heterocycles. The Labute approximate surface area is 124 Å². The molecule has 0 aliphatic heterocycles. The van der Waals surface area contributed by atoms with Crippen LogP contribution in [-0.2, 0) is 0 Å². The first-order valence-electron chi connectivity index (χ1n) is 7.05. The molecule has 5 nitrogen and oxygen atoms in total. The van der Waals surface area contributed by atoms with E-state index in [-0.39, 0.29) is 5.91 Å². The van der Waals surface area contributed by atoms with Gasteiger partial charge < -0.3 is 10.6 Å². The fourth-order valence-electron chi connectivity index (χ4n) is 1.77. The van der Waals surface area contributed by atoms with Gasteiger partial charge in [0.2, 0.25) is 5.95 Å². The van der Waals surface area contributed by atoms with Gasteiger partial charge in [0, 0.05) is 24.1 Å². The minimum absolute atomic E-state index is 0.212. The van der Waals surface area contributed by atoms with Crippen LogP contribution in [0.15, 0.2) is 36.7 Å². The highest BCUT2D eigenvalue weighted by Gasteiger charge is 2.08. The first-order chi connectivity index (χ1) is 10.1. The number of rotatable bonds is 5. The third-order valence-electron chi connectivity index (χ3n) is 3.18. The topological polar surface area (TPSA) is 66.9 Å². The van der Waals surface area contributed by atoms with Crippen molar-refractivity contribution in [1.29, 1.82) is 0 Å². The molecule has 0 saturated heterocycles. The summed E-state index contributed by atoms with van der Waals surface area (Å²) >= 11 is 0. The van der Waals surface area contributed by atoms with E-state index in [1.54, 1.807) is 0 Å². The molecule has 0 aliphatic rings. The molecule has 0 saturated carbocycles. The average molecular weight is 284 g/mol. The van der Waals surface area contributed by atoms with Crippen molar-refractivity contribution in [3.05, 3.63) is 47.8 Å². The summed E-state index contributed by atoms with van der Waals surface area (Å²) in [6.45, 7) is 6.12. The molecule has 0 fully saturated rings. The molecule has 1 aromatic heterocycles. The van der Waals surface area contributed by atoms with Gasteiger partial charge in [-0.05, 0) is 38.0 Å². The number of anilines is 2. The summed E-state index contributed by atoms with van der Waals surface area (Å²) in [6.07, 6.45) is 4.05. The van der Waals surface area contributed by atoms with E-state index in [4.69, 9.17) is 0 Å². The quantitative estimate of drug-likeness (QED) is 0.884. The second-order valence-corrected chi connectivity index (χ2v) is 5.07. The minimum atomic E-state index is -0.212. The van der Waals surface area contributed by atoms with Gasteiger partial charge in [-0.1, -0.05) is 19.1 Å². The summed E-state index contributed by atoms with van der Waals surface area (Å²) in [5, 5.41) is 5.99. The van der Waals surface area contributed by atoms with Gasteiger partial charge in [-0.25, -0.2) is 9.97 Å². The zero-order valence-electron chi connectivity index (χ0n) is 12.6. The normalized spacial score (nSPS) is 11.8. The molecule has 1 aromatic carbocycles. The highest BCUT2D eigenvalue weighted by atomic mass is 16.1. The maximum absolute atomic E-state index is 12.1. The Morgan fingerprint density at radius 1 is 1.29 bits per heavy atom. The number of carbonyl (C=O) groups excluding carboxylic acids is 1. The number of nitrogens with zero attached hydrogens (tertiary/aromatic N) is 2. The van der Waals surface area contributed by atoms with E-state index in [1.165, 1.54) is 12.4 Å². The Bertz CT molecular complexity index is 610. The van der Waals surface area contributed by atoms with E-state index in [2.05, 4.69) is 34.4 Å². The summed E-state index contributed by atoms with van der Waals surface area (Å²) in [4.78, 5) is 20.4. The van der Waals surface area contributed by atoms with Gasteiger partial charge >= 0.3 is 0 Å². The maximum Gasteiger partial charge on any atom is 0.258 e. The number of hydrogen-bond acceptors (Lipinski definition) is 4. The molecule has 2 rings (SSSR count). The number of benzene rings is 1. The summed E-state index contributed by atoms with van der Waals surface area (Å²) in [7, 11) is 0. The largest absolute Gasteiger partial charge is 0.352 e. The highest BCUT2D eigenvalue weighted by Crippen LogP contribution is 2.11. The molecule has 1 amide bonds. The predicted octanol–water partition coefficient (Wildman–Crippen LogP) is 3.25. The second kappa shape index (κ2) is 6.83. The molecular formula is C16H20N4O. The van der Waals surface area contributed by atoms with Crippen LogP contribution in [0.2, 0.25) is 0 Å². The fraction of sp³-hybridized carbons (Fsp3) is 0.312. The van der Waals surface area contributed by atoms with Crippen molar-refractivity contribution >= 4 is 17.5 Å². The Morgan fingerprint density at radius 3 is 2.62 bits per heavy atom.